The Bertz CT molecular complexity index is 415. The van der Waals surface area contributed by atoms with E-state index in [0.717, 1.165) is 18.8 Å². The van der Waals surface area contributed by atoms with Crippen LogP contribution in [0.2, 0.25) is 0 Å². The van der Waals surface area contributed by atoms with E-state index in [1.54, 1.807) is 12.1 Å². The van der Waals surface area contributed by atoms with E-state index in [-0.39, 0.29) is 11.4 Å². The third-order valence-electron chi connectivity index (χ3n) is 3.11. The van der Waals surface area contributed by atoms with E-state index in [2.05, 4.69) is 11.3 Å². The minimum Gasteiger partial charge on any atom is -0.371 e. The van der Waals surface area contributed by atoms with Crippen molar-refractivity contribution in [1.82, 2.24) is 0 Å². The van der Waals surface area contributed by atoms with Gasteiger partial charge in [0.1, 0.15) is 12.2 Å². The molecule has 0 unspecified atom stereocenters. The van der Waals surface area contributed by atoms with E-state index in [0.29, 0.717) is 0 Å². The van der Waals surface area contributed by atoms with Crippen LogP contribution in [-0.2, 0) is 0 Å². The fraction of sp³-hybridized carbons (Fsp3) is 0.429. The van der Waals surface area contributed by atoms with Crippen molar-refractivity contribution in [3.8, 4) is 6.07 Å². The van der Waals surface area contributed by atoms with Gasteiger partial charge in [0.05, 0.1) is 6.07 Å². The first-order chi connectivity index (χ1) is 8.31. The van der Waals surface area contributed by atoms with Gasteiger partial charge in [-0.15, -0.1) is 0 Å². The summed E-state index contributed by atoms with van der Waals surface area (Å²) < 4.78 is 13.7. The SMILES string of the molecule is N#C[C]c1ccc(N2CCCCCC2)cc1F. The molecule has 0 aromatic heterocycles. The Morgan fingerprint density at radius 2 is 1.82 bits per heavy atom. The molecular weight excluding hydrogens is 215 g/mol. The normalized spacial score (nSPS) is 16.4. The zero-order valence-corrected chi connectivity index (χ0v) is 9.75. The molecule has 0 saturated carbocycles. The Balaban J connectivity index is 2.15. The fourth-order valence-corrected chi connectivity index (χ4v) is 2.19. The molecule has 1 fully saturated rings. The van der Waals surface area contributed by atoms with Gasteiger partial charge in [-0.3, -0.25) is 0 Å². The van der Waals surface area contributed by atoms with Crippen molar-refractivity contribution in [2.45, 2.75) is 25.7 Å². The summed E-state index contributed by atoms with van der Waals surface area (Å²) in [6, 6.07) is 6.73. The van der Waals surface area contributed by atoms with Crippen molar-refractivity contribution in [3.63, 3.8) is 0 Å². The van der Waals surface area contributed by atoms with Gasteiger partial charge in [0, 0.05) is 24.3 Å². The monoisotopic (exact) mass is 230 g/mol. The second-order valence-electron chi connectivity index (χ2n) is 4.30. The molecule has 1 aliphatic rings. The third-order valence-corrected chi connectivity index (χ3v) is 3.11. The van der Waals surface area contributed by atoms with Crippen LogP contribution < -0.4 is 4.90 Å². The molecule has 17 heavy (non-hydrogen) atoms. The molecule has 0 bridgehead atoms. The van der Waals surface area contributed by atoms with Crippen LogP contribution >= 0.6 is 0 Å². The zero-order chi connectivity index (χ0) is 12.1. The first kappa shape index (κ1) is 11.9. The highest BCUT2D eigenvalue weighted by Gasteiger charge is 2.12. The highest BCUT2D eigenvalue weighted by Crippen LogP contribution is 2.22. The van der Waals surface area contributed by atoms with E-state index in [1.165, 1.54) is 31.7 Å². The maximum Gasteiger partial charge on any atom is 0.134 e. The van der Waals surface area contributed by atoms with Crippen molar-refractivity contribution in [2.24, 2.45) is 0 Å². The molecule has 1 heterocycles. The molecule has 2 radical (unpaired) electrons. The van der Waals surface area contributed by atoms with Gasteiger partial charge in [-0.25, -0.2) is 4.39 Å². The van der Waals surface area contributed by atoms with Crippen molar-refractivity contribution in [2.75, 3.05) is 18.0 Å². The van der Waals surface area contributed by atoms with Gasteiger partial charge in [0.2, 0.25) is 0 Å². The van der Waals surface area contributed by atoms with Crippen molar-refractivity contribution in [1.29, 1.82) is 5.26 Å². The third kappa shape index (κ3) is 2.97. The average molecular weight is 230 g/mol. The van der Waals surface area contributed by atoms with E-state index in [9.17, 15) is 4.39 Å². The van der Waals surface area contributed by atoms with Crippen LogP contribution in [0.15, 0.2) is 18.2 Å². The minimum absolute atomic E-state index is 0.242. The molecule has 2 nitrogen and oxygen atoms in total. The Morgan fingerprint density at radius 1 is 1.12 bits per heavy atom. The van der Waals surface area contributed by atoms with Gasteiger partial charge in [-0.2, -0.15) is 5.26 Å². The van der Waals surface area contributed by atoms with Gasteiger partial charge in [0.25, 0.3) is 0 Å². The number of anilines is 1. The Kier molecular flexibility index (Phi) is 3.98. The first-order valence-electron chi connectivity index (χ1n) is 6.01. The molecule has 0 atom stereocenters. The summed E-state index contributed by atoms with van der Waals surface area (Å²) in [5, 5.41) is 8.46. The topological polar surface area (TPSA) is 27.0 Å². The predicted octanol–water partition coefficient (Wildman–Crippen LogP) is 3.16. The molecule has 88 valence electrons. The number of nitrogens with zero attached hydrogens (tertiary/aromatic N) is 2. The van der Waals surface area contributed by atoms with Crippen LogP contribution in [0.4, 0.5) is 10.1 Å². The summed E-state index contributed by atoms with van der Waals surface area (Å²) in [5.74, 6) is -0.367. The molecule has 1 aromatic carbocycles. The van der Waals surface area contributed by atoms with Crippen molar-refractivity contribution >= 4 is 5.69 Å². The first-order valence-corrected chi connectivity index (χ1v) is 6.01. The van der Waals surface area contributed by atoms with Gasteiger partial charge in [-0.05, 0) is 25.0 Å². The standard InChI is InChI=1S/C14H15FN2/c15-14-11-13(6-5-12(14)7-8-16)17-9-3-1-2-4-10-17/h5-6,11H,1-4,9-10H2. The number of hydrogen-bond acceptors (Lipinski definition) is 2. The molecule has 1 aromatic rings. The summed E-state index contributed by atoms with van der Waals surface area (Å²) >= 11 is 0. The van der Waals surface area contributed by atoms with Crippen molar-refractivity contribution < 1.29 is 4.39 Å². The van der Waals surface area contributed by atoms with Gasteiger partial charge in [0.15, 0.2) is 0 Å². The van der Waals surface area contributed by atoms with Gasteiger partial charge < -0.3 is 4.90 Å². The molecule has 0 aliphatic carbocycles. The molecule has 2 rings (SSSR count). The van der Waals surface area contributed by atoms with E-state index in [4.69, 9.17) is 5.26 Å². The van der Waals surface area contributed by atoms with Gasteiger partial charge in [-0.1, -0.05) is 18.9 Å². The van der Waals surface area contributed by atoms with Crippen LogP contribution in [-0.4, -0.2) is 13.1 Å². The number of nitriles is 1. The lowest BCUT2D eigenvalue weighted by Crippen LogP contribution is -2.23. The van der Waals surface area contributed by atoms with Gasteiger partial charge >= 0.3 is 0 Å². The largest absolute Gasteiger partial charge is 0.371 e. The molecule has 3 heteroatoms. The lowest BCUT2D eigenvalue weighted by molar-refractivity contribution is 0.620. The molecule has 0 N–H and O–H groups in total. The lowest BCUT2D eigenvalue weighted by Gasteiger charge is -2.22. The van der Waals surface area contributed by atoms with Crippen LogP contribution in [0.5, 0.6) is 0 Å². The minimum atomic E-state index is -0.367. The molecule has 0 spiro atoms. The number of hydrogen-bond donors (Lipinski definition) is 0. The van der Waals surface area contributed by atoms with Crippen LogP contribution in [0.25, 0.3) is 0 Å². The smallest absolute Gasteiger partial charge is 0.134 e. The Morgan fingerprint density at radius 3 is 2.41 bits per heavy atom. The van der Waals surface area contributed by atoms with E-state index >= 15 is 0 Å². The predicted molar refractivity (Wildman–Crippen MR) is 65.0 cm³/mol. The number of benzene rings is 1. The quantitative estimate of drug-likeness (QED) is 0.780. The molecule has 0 amide bonds. The van der Waals surface area contributed by atoms with Crippen molar-refractivity contribution in [3.05, 3.63) is 36.0 Å². The second-order valence-corrected chi connectivity index (χ2v) is 4.30. The molecule has 1 aliphatic heterocycles. The number of halogens is 1. The Labute approximate surface area is 102 Å². The summed E-state index contributed by atoms with van der Waals surface area (Å²) in [4.78, 5) is 2.21. The average Bonchev–Trinajstić information content (AvgIpc) is 2.60. The molecular formula is C14H15FN2. The summed E-state index contributed by atoms with van der Waals surface area (Å²) in [6.45, 7) is 1.98. The highest BCUT2D eigenvalue weighted by atomic mass is 19.1. The summed E-state index contributed by atoms with van der Waals surface area (Å²) in [7, 11) is 0. The highest BCUT2D eigenvalue weighted by molar-refractivity contribution is 5.50. The van der Waals surface area contributed by atoms with Crippen LogP contribution in [0.3, 0.4) is 0 Å². The summed E-state index contributed by atoms with van der Waals surface area (Å²) in [5.41, 5.74) is 1.15. The maximum atomic E-state index is 13.7. The summed E-state index contributed by atoms with van der Waals surface area (Å²) in [6.07, 6.45) is 7.18. The maximum absolute atomic E-state index is 13.7. The number of rotatable bonds is 2. The van der Waals surface area contributed by atoms with Crippen LogP contribution in [0, 0.1) is 23.6 Å². The fourth-order valence-electron chi connectivity index (χ4n) is 2.19. The van der Waals surface area contributed by atoms with E-state index in [1.807, 2.05) is 6.07 Å². The zero-order valence-electron chi connectivity index (χ0n) is 9.75. The second kappa shape index (κ2) is 5.67. The van der Waals surface area contributed by atoms with E-state index < -0.39 is 0 Å². The van der Waals surface area contributed by atoms with Crippen LogP contribution in [0.1, 0.15) is 31.2 Å². The molecule has 1 saturated heterocycles. The Hall–Kier alpha value is -1.56. The lowest BCUT2D eigenvalue weighted by atomic mass is 10.1.